The summed E-state index contributed by atoms with van der Waals surface area (Å²) >= 11 is 0. The van der Waals surface area contributed by atoms with Crippen LogP contribution in [0, 0.1) is 5.92 Å². The second kappa shape index (κ2) is 8.50. The first-order valence-corrected chi connectivity index (χ1v) is 8.54. The molecule has 1 fully saturated rings. The minimum Gasteiger partial charge on any atom is -0.468 e. The number of anilines is 1. The summed E-state index contributed by atoms with van der Waals surface area (Å²) in [4.78, 5) is 36.2. The molecule has 4 atom stereocenters. The number of hydrogen-bond acceptors (Lipinski definition) is 9. The molecule has 4 unspecified atom stereocenters. The molecule has 0 amide bonds. The number of hydrogen-bond donors (Lipinski definition) is 3. The van der Waals surface area contributed by atoms with Gasteiger partial charge in [0.1, 0.15) is 18.6 Å². The van der Waals surface area contributed by atoms with Crippen LogP contribution in [0.4, 0.5) is 5.82 Å². The molecular weight excluding hydrogens is 339 g/mol. The highest BCUT2D eigenvalue weighted by atomic mass is 31.2. The van der Waals surface area contributed by atoms with Crippen molar-refractivity contribution in [3.63, 3.8) is 0 Å². The molecule has 0 saturated carbocycles. The predicted octanol–water partition coefficient (Wildman–Crippen LogP) is -0.253. The molecule has 2 heterocycles. The molecule has 0 aromatic carbocycles. The lowest BCUT2D eigenvalue weighted by molar-refractivity contribution is -0.139. The second-order valence-corrected chi connectivity index (χ2v) is 6.50. The van der Waals surface area contributed by atoms with Crippen LogP contribution < -0.4 is 16.5 Å². The van der Waals surface area contributed by atoms with Crippen molar-refractivity contribution in [3.05, 3.63) is 22.7 Å². The van der Waals surface area contributed by atoms with Gasteiger partial charge in [-0.15, -0.1) is 0 Å². The molecule has 0 spiro atoms. The monoisotopic (exact) mass is 360 g/mol. The van der Waals surface area contributed by atoms with E-state index < -0.39 is 26.4 Å². The van der Waals surface area contributed by atoms with E-state index in [0.717, 1.165) is 0 Å². The lowest BCUT2D eigenvalue weighted by Gasteiger charge is -2.18. The summed E-state index contributed by atoms with van der Waals surface area (Å²) in [5.74, 6) is -0.278. The van der Waals surface area contributed by atoms with Crippen LogP contribution in [0.2, 0.25) is 0 Å². The third-order valence-electron chi connectivity index (χ3n) is 3.55. The van der Waals surface area contributed by atoms with E-state index in [1.807, 2.05) is 6.92 Å². The molecule has 0 radical (unpaired) electrons. The Labute approximate surface area is 139 Å². The molecule has 1 saturated heterocycles. The molecule has 1 aliphatic heterocycles. The maximum absolute atomic E-state index is 11.9. The molecule has 0 aliphatic carbocycles. The number of aromatic nitrogens is 2. The van der Waals surface area contributed by atoms with Crippen molar-refractivity contribution in [1.29, 1.82) is 0 Å². The topological polar surface area (TPSA) is 138 Å². The van der Waals surface area contributed by atoms with Gasteiger partial charge in [0.05, 0.1) is 19.8 Å². The molecule has 1 aliphatic rings. The van der Waals surface area contributed by atoms with Crippen LogP contribution >= 0.6 is 8.53 Å². The van der Waals surface area contributed by atoms with Crippen molar-refractivity contribution in [2.24, 2.45) is 5.92 Å². The fourth-order valence-corrected chi connectivity index (χ4v) is 3.05. The molecule has 134 valence electrons. The number of nitrogens with one attached hydrogen (secondary N) is 1. The lowest BCUT2D eigenvalue weighted by Crippen LogP contribution is -2.29. The number of carbonyl (C=O) groups is 1. The molecule has 2 rings (SSSR count). The zero-order valence-electron chi connectivity index (χ0n) is 13.4. The minimum atomic E-state index is -1.96. The van der Waals surface area contributed by atoms with Gasteiger partial charge in [-0.1, -0.05) is 6.92 Å². The van der Waals surface area contributed by atoms with Crippen LogP contribution in [-0.2, 0) is 18.8 Å². The summed E-state index contributed by atoms with van der Waals surface area (Å²) in [6, 6.07) is 1.53. The Bertz CT molecular complexity index is 627. The molecule has 0 bridgehead atoms. The van der Waals surface area contributed by atoms with Crippen LogP contribution in [0.1, 0.15) is 19.6 Å². The van der Waals surface area contributed by atoms with Crippen molar-refractivity contribution in [2.75, 3.05) is 26.0 Å². The van der Waals surface area contributed by atoms with Crippen LogP contribution in [-0.4, -0.2) is 46.8 Å². The number of carbonyl (C=O) groups excluding carboxylic acids is 1. The maximum atomic E-state index is 11.9. The van der Waals surface area contributed by atoms with Crippen molar-refractivity contribution in [3.8, 4) is 0 Å². The van der Waals surface area contributed by atoms with Crippen molar-refractivity contribution in [2.45, 2.75) is 25.7 Å². The number of nitrogens with zero attached hydrogens (tertiary/aromatic N) is 2. The van der Waals surface area contributed by atoms with Gasteiger partial charge < -0.3 is 24.6 Å². The summed E-state index contributed by atoms with van der Waals surface area (Å²) in [6.07, 6.45) is 1.45. The summed E-state index contributed by atoms with van der Waals surface area (Å²) in [5, 5.41) is 2.52. The van der Waals surface area contributed by atoms with Gasteiger partial charge in [-0.2, -0.15) is 4.98 Å². The number of esters is 1. The van der Waals surface area contributed by atoms with Crippen LogP contribution in [0.25, 0.3) is 0 Å². The predicted molar refractivity (Wildman–Crippen MR) is 85.7 cm³/mol. The Morgan fingerprint density at radius 1 is 1.67 bits per heavy atom. The fourth-order valence-electron chi connectivity index (χ4n) is 2.39. The van der Waals surface area contributed by atoms with Crippen LogP contribution in [0.15, 0.2) is 17.1 Å². The van der Waals surface area contributed by atoms with E-state index in [1.165, 1.54) is 17.7 Å². The van der Waals surface area contributed by atoms with E-state index in [-0.39, 0.29) is 31.0 Å². The molecule has 24 heavy (non-hydrogen) atoms. The zero-order valence-corrected chi connectivity index (χ0v) is 14.3. The smallest absolute Gasteiger partial charge is 0.351 e. The minimum absolute atomic E-state index is 0.0645. The maximum Gasteiger partial charge on any atom is 0.351 e. The summed E-state index contributed by atoms with van der Waals surface area (Å²) < 4.78 is 16.9. The summed E-state index contributed by atoms with van der Waals surface area (Å²) in [6.45, 7) is 1.94. The molecule has 11 heteroatoms. The van der Waals surface area contributed by atoms with Gasteiger partial charge >= 0.3 is 11.7 Å². The van der Waals surface area contributed by atoms with Crippen molar-refractivity contribution >= 4 is 20.3 Å². The van der Waals surface area contributed by atoms with Gasteiger partial charge in [0, 0.05) is 12.1 Å². The van der Waals surface area contributed by atoms with Gasteiger partial charge in [-0.3, -0.25) is 9.36 Å². The SMILES string of the molecule is COC(=O)CNP(O)OCC1CC(C)C(n2ccc(N)nc2=O)O1. The van der Waals surface area contributed by atoms with Gasteiger partial charge in [-0.05, 0) is 12.5 Å². The zero-order chi connectivity index (χ0) is 17.7. The Balaban J connectivity index is 1.85. The highest BCUT2D eigenvalue weighted by Gasteiger charge is 2.34. The highest BCUT2D eigenvalue weighted by molar-refractivity contribution is 7.43. The first-order valence-electron chi connectivity index (χ1n) is 7.33. The van der Waals surface area contributed by atoms with E-state index in [2.05, 4.69) is 14.8 Å². The van der Waals surface area contributed by atoms with Gasteiger partial charge in [0.25, 0.3) is 8.53 Å². The molecular formula is C13H21N4O6P. The van der Waals surface area contributed by atoms with Crippen molar-refractivity contribution < 1.29 is 23.7 Å². The Hall–Kier alpha value is -1.58. The van der Waals surface area contributed by atoms with Crippen LogP contribution in [0.5, 0.6) is 0 Å². The Kier molecular flexibility index (Phi) is 6.64. The fraction of sp³-hybridized carbons (Fsp3) is 0.615. The number of ether oxygens (including phenoxy) is 2. The first kappa shape index (κ1) is 18.8. The standard InChI is InChI=1S/C13H21N4O6P/c1-8-5-9(7-22-24(20)15-6-11(18)21-2)23-12(8)17-4-3-10(14)16-13(17)19/h3-4,8-9,12,15,20H,5-7H2,1-2H3,(H2,14,16,19). The molecule has 1 aromatic heterocycles. The molecule has 10 nitrogen and oxygen atoms in total. The van der Waals surface area contributed by atoms with Gasteiger partial charge in [0.15, 0.2) is 0 Å². The number of nitrogen functional groups attached to an aromatic ring is 1. The third-order valence-corrected chi connectivity index (χ3v) is 4.37. The lowest BCUT2D eigenvalue weighted by atomic mass is 10.1. The second-order valence-electron chi connectivity index (χ2n) is 5.38. The Morgan fingerprint density at radius 2 is 2.42 bits per heavy atom. The molecule has 4 N–H and O–H groups in total. The number of methoxy groups -OCH3 is 1. The number of nitrogens with two attached hydrogens (primary N) is 1. The van der Waals surface area contributed by atoms with E-state index >= 15 is 0 Å². The van der Waals surface area contributed by atoms with E-state index in [9.17, 15) is 14.5 Å². The van der Waals surface area contributed by atoms with E-state index in [4.69, 9.17) is 15.0 Å². The van der Waals surface area contributed by atoms with Gasteiger partial charge in [0.2, 0.25) is 0 Å². The van der Waals surface area contributed by atoms with Crippen molar-refractivity contribution in [1.82, 2.24) is 14.6 Å². The highest BCUT2D eigenvalue weighted by Crippen LogP contribution is 2.35. The van der Waals surface area contributed by atoms with Gasteiger partial charge in [-0.25, -0.2) is 9.88 Å². The van der Waals surface area contributed by atoms with E-state index in [1.54, 1.807) is 6.20 Å². The van der Waals surface area contributed by atoms with E-state index in [0.29, 0.717) is 6.42 Å². The average molecular weight is 360 g/mol. The normalized spacial score (nSPS) is 24.7. The first-order chi connectivity index (χ1) is 11.4. The third kappa shape index (κ3) is 4.96. The average Bonchev–Trinajstić information content (AvgIpc) is 2.91. The number of rotatable bonds is 7. The summed E-state index contributed by atoms with van der Waals surface area (Å²) in [5.41, 5.74) is 5.00. The quantitative estimate of drug-likeness (QED) is 0.444. The Morgan fingerprint density at radius 3 is 3.08 bits per heavy atom. The molecule has 1 aromatic rings. The van der Waals surface area contributed by atoms with Crippen LogP contribution in [0.3, 0.4) is 0 Å². The summed E-state index contributed by atoms with van der Waals surface area (Å²) in [7, 11) is -0.700. The largest absolute Gasteiger partial charge is 0.468 e.